The Hall–Kier alpha value is -1.22. The van der Waals surface area contributed by atoms with E-state index in [0.29, 0.717) is 18.8 Å². The smallest absolute Gasteiger partial charge is 0.231 e. The zero-order chi connectivity index (χ0) is 12.5. The van der Waals surface area contributed by atoms with Gasteiger partial charge in [-0.2, -0.15) is 0 Å². The first kappa shape index (κ1) is 11.8. The molecule has 1 N–H and O–H groups in total. The lowest BCUT2D eigenvalue weighted by Gasteiger charge is -2.27. The van der Waals surface area contributed by atoms with Crippen molar-refractivity contribution in [1.82, 2.24) is 5.32 Å². The molecule has 1 fully saturated rings. The third kappa shape index (κ3) is 2.07. The Kier molecular flexibility index (Phi) is 3.16. The Morgan fingerprint density at radius 1 is 1.17 bits per heavy atom. The van der Waals surface area contributed by atoms with Gasteiger partial charge in [0.2, 0.25) is 6.79 Å². The van der Waals surface area contributed by atoms with Crippen LogP contribution in [0.15, 0.2) is 12.1 Å². The average Bonchev–Trinajstić information content (AvgIpc) is 2.85. The van der Waals surface area contributed by atoms with Gasteiger partial charge >= 0.3 is 0 Å². The van der Waals surface area contributed by atoms with Crippen molar-refractivity contribution >= 4 is 0 Å². The van der Waals surface area contributed by atoms with Crippen molar-refractivity contribution in [3.63, 3.8) is 0 Å². The number of piperidine rings is 1. The molecule has 1 unspecified atom stereocenters. The highest BCUT2D eigenvalue weighted by Gasteiger charge is 2.24. The van der Waals surface area contributed by atoms with Crippen LogP contribution in [-0.2, 0) is 0 Å². The van der Waals surface area contributed by atoms with Gasteiger partial charge in [-0.05, 0) is 48.6 Å². The van der Waals surface area contributed by atoms with Gasteiger partial charge in [0.25, 0.3) is 0 Å². The predicted molar refractivity (Wildman–Crippen MR) is 71.2 cm³/mol. The molecule has 0 saturated carbocycles. The summed E-state index contributed by atoms with van der Waals surface area (Å²) in [7, 11) is 0. The molecule has 0 aliphatic carbocycles. The number of benzene rings is 1. The van der Waals surface area contributed by atoms with Crippen LogP contribution < -0.4 is 14.8 Å². The molecule has 18 heavy (non-hydrogen) atoms. The lowest BCUT2D eigenvalue weighted by atomic mass is 9.88. The quantitative estimate of drug-likeness (QED) is 0.869. The van der Waals surface area contributed by atoms with E-state index in [4.69, 9.17) is 9.47 Å². The van der Waals surface area contributed by atoms with E-state index in [2.05, 4.69) is 31.3 Å². The molecule has 0 bridgehead atoms. The molecule has 3 rings (SSSR count). The first-order chi connectivity index (χ1) is 8.75. The molecule has 3 nitrogen and oxygen atoms in total. The van der Waals surface area contributed by atoms with E-state index in [9.17, 15) is 0 Å². The number of fused-ring (bicyclic) bond motifs is 1. The first-order valence-electron chi connectivity index (χ1n) is 6.92. The highest BCUT2D eigenvalue weighted by atomic mass is 16.7. The zero-order valence-electron chi connectivity index (χ0n) is 11.2. The largest absolute Gasteiger partial charge is 0.454 e. The van der Waals surface area contributed by atoms with Crippen LogP contribution in [-0.4, -0.2) is 13.3 Å². The van der Waals surface area contributed by atoms with E-state index in [1.807, 2.05) is 0 Å². The van der Waals surface area contributed by atoms with Crippen LogP contribution in [0.3, 0.4) is 0 Å². The molecule has 0 amide bonds. The fourth-order valence-corrected chi connectivity index (χ4v) is 2.89. The Morgan fingerprint density at radius 2 is 1.94 bits per heavy atom. The summed E-state index contributed by atoms with van der Waals surface area (Å²) in [5.41, 5.74) is 2.78. The highest BCUT2D eigenvalue weighted by molar-refractivity contribution is 5.50. The average molecular weight is 247 g/mol. The number of hydrogen-bond acceptors (Lipinski definition) is 3. The maximum atomic E-state index is 5.51. The van der Waals surface area contributed by atoms with Crippen molar-refractivity contribution in [2.24, 2.45) is 0 Å². The number of nitrogens with one attached hydrogen (secondary N) is 1. The fraction of sp³-hybridized carbons (Fsp3) is 0.600. The number of rotatable bonds is 2. The van der Waals surface area contributed by atoms with Gasteiger partial charge in [-0.15, -0.1) is 0 Å². The van der Waals surface area contributed by atoms with E-state index >= 15 is 0 Å². The second-order valence-corrected chi connectivity index (χ2v) is 5.49. The van der Waals surface area contributed by atoms with Crippen molar-refractivity contribution in [2.45, 2.75) is 45.1 Å². The van der Waals surface area contributed by atoms with Crippen LogP contribution in [0.25, 0.3) is 0 Å². The topological polar surface area (TPSA) is 30.5 Å². The maximum Gasteiger partial charge on any atom is 0.231 e. The van der Waals surface area contributed by atoms with Crippen LogP contribution in [0.4, 0.5) is 0 Å². The lowest BCUT2D eigenvalue weighted by Crippen LogP contribution is -2.27. The Balaban J connectivity index is 2.00. The summed E-state index contributed by atoms with van der Waals surface area (Å²) in [4.78, 5) is 0. The highest BCUT2D eigenvalue weighted by Crippen LogP contribution is 2.40. The predicted octanol–water partition coefficient (Wildman–Crippen LogP) is 3.35. The van der Waals surface area contributed by atoms with Gasteiger partial charge in [-0.25, -0.2) is 0 Å². The maximum absolute atomic E-state index is 5.51. The Bertz CT molecular complexity index is 436. The zero-order valence-corrected chi connectivity index (χ0v) is 11.2. The second-order valence-electron chi connectivity index (χ2n) is 5.49. The van der Waals surface area contributed by atoms with E-state index < -0.39 is 0 Å². The summed E-state index contributed by atoms with van der Waals surface area (Å²) in [5, 5.41) is 3.63. The van der Waals surface area contributed by atoms with Gasteiger partial charge in [-0.3, -0.25) is 0 Å². The summed E-state index contributed by atoms with van der Waals surface area (Å²) < 4.78 is 11.0. The third-order valence-corrected chi connectivity index (χ3v) is 3.89. The van der Waals surface area contributed by atoms with E-state index in [-0.39, 0.29) is 0 Å². The second kappa shape index (κ2) is 4.81. The summed E-state index contributed by atoms with van der Waals surface area (Å²) in [6, 6.07) is 4.82. The molecule has 0 spiro atoms. The summed E-state index contributed by atoms with van der Waals surface area (Å²) in [5.74, 6) is 2.32. The van der Waals surface area contributed by atoms with Crippen LogP contribution in [0.1, 0.15) is 56.2 Å². The normalized spacial score (nSPS) is 22.5. The van der Waals surface area contributed by atoms with Crippen LogP contribution in [0.2, 0.25) is 0 Å². The van der Waals surface area contributed by atoms with Gasteiger partial charge in [0.05, 0.1) is 0 Å². The van der Waals surface area contributed by atoms with Gasteiger partial charge in [-0.1, -0.05) is 20.3 Å². The minimum atomic E-state index is 0.356. The first-order valence-corrected chi connectivity index (χ1v) is 6.92. The number of hydrogen-bond donors (Lipinski definition) is 1. The molecule has 1 aromatic rings. The fourth-order valence-electron chi connectivity index (χ4n) is 2.89. The van der Waals surface area contributed by atoms with E-state index in [0.717, 1.165) is 18.0 Å². The van der Waals surface area contributed by atoms with Gasteiger partial charge < -0.3 is 14.8 Å². The van der Waals surface area contributed by atoms with Crippen molar-refractivity contribution in [1.29, 1.82) is 0 Å². The summed E-state index contributed by atoms with van der Waals surface area (Å²) >= 11 is 0. The molecule has 3 heteroatoms. The monoisotopic (exact) mass is 247 g/mol. The van der Waals surface area contributed by atoms with E-state index in [1.54, 1.807) is 0 Å². The van der Waals surface area contributed by atoms with Gasteiger partial charge in [0, 0.05) is 6.04 Å². The molecule has 0 aromatic heterocycles. The molecule has 98 valence electrons. The molecule has 1 atom stereocenters. The van der Waals surface area contributed by atoms with Crippen molar-refractivity contribution in [2.75, 3.05) is 13.3 Å². The van der Waals surface area contributed by atoms with Crippen LogP contribution in [0.5, 0.6) is 11.5 Å². The van der Waals surface area contributed by atoms with Crippen molar-refractivity contribution in [3.8, 4) is 11.5 Å². The Labute approximate surface area is 108 Å². The molecular formula is C15H21NO2. The molecule has 1 aromatic carbocycles. The minimum absolute atomic E-state index is 0.356. The summed E-state index contributed by atoms with van der Waals surface area (Å²) in [6.45, 7) is 5.96. The third-order valence-electron chi connectivity index (χ3n) is 3.89. The molecule has 2 aliphatic heterocycles. The molecule has 0 radical (unpaired) electrons. The van der Waals surface area contributed by atoms with Crippen LogP contribution >= 0.6 is 0 Å². The van der Waals surface area contributed by atoms with E-state index in [1.165, 1.54) is 30.4 Å². The standard InChI is InChI=1S/C15H21NO2/c1-10(2)11-7-14-15(18-9-17-14)8-12(11)13-5-3-4-6-16-13/h7-8,10,13,16H,3-6,9H2,1-2H3. The minimum Gasteiger partial charge on any atom is -0.454 e. The van der Waals surface area contributed by atoms with Crippen molar-refractivity contribution in [3.05, 3.63) is 23.3 Å². The SMILES string of the molecule is CC(C)c1cc2c(cc1C1CCCCN1)OCO2. The molecule has 2 heterocycles. The van der Waals surface area contributed by atoms with Crippen LogP contribution in [0, 0.1) is 0 Å². The lowest BCUT2D eigenvalue weighted by molar-refractivity contribution is 0.174. The van der Waals surface area contributed by atoms with Gasteiger partial charge in [0.1, 0.15) is 0 Å². The number of ether oxygens (including phenoxy) is 2. The summed E-state index contributed by atoms with van der Waals surface area (Å²) in [6.07, 6.45) is 3.82. The van der Waals surface area contributed by atoms with Gasteiger partial charge in [0.15, 0.2) is 11.5 Å². The molecular weight excluding hydrogens is 226 g/mol. The molecule has 2 aliphatic rings. The molecule has 1 saturated heterocycles. The Morgan fingerprint density at radius 3 is 2.61 bits per heavy atom. The van der Waals surface area contributed by atoms with Crippen molar-refractivity contribution < 1.29 is 9.47 Å².